The lowest BCUT2D eigenvalue weighted by atomic mass is 10.1. The third kappa shape index (κ3) is 2.32. The fourth-order valence-corrected chi connectivity index (χ4v) is 1.80. The second-order valence-electron chi connectivity index (χ2n) is 3.65. The van der Waals surface area contributed by atoms with Gasteiger partial charge in [0.25, 0.3) is 0 Å². The van der Waals surface area contributed by atoms with E-state index < -0.39 is 0 Å². The summed E-state index contributed by atoms with van der Waals surface area (Å²) in [4.78, 5) is 15.5. The summed E-state index contributed by atoms with van der Waals surface area (Å²) in [6.07, 6.45) is 3.65. The molecule has 0 bridgehead atoms. The molecule has 1 aromatic rings. The smallest absolute Gasteiger partial charge is 0.306 e. The van der Waals surface area contributed by atoms with E-state index in [-0.39, 0.29) is 5.97 Å². The SMILES string of the molecule is CCOC(=O)CCc1nccc2c1OCC2. The van der Waals surface area contributed by atoms with Gasteiger partial charge in [-0.05, 0) is 13.0 Å². The minimum atomic E-state index is -0.181. The zero-order chi connectivity index (χ0) is 11.4. The summed E-state index contributed by atoms with van der Waals surface area (Å²) in [5.74, 6) is 0.687. The van der Waals surface area contributed by atoms with Crippen molar-refractivity contribution in [3.63, 3.8) is 0 Å². The molecule has 2 rings (SSSR count). The quantitative estimate of drug-likeness (QED) is 0.723. The number of fused-ring (bicyclic) bond motifs is 1. The molecule has 0 N–H and O–H groups in total. The van der Waals surface area contributed by atoms with E-state index in [0.717, 1.165) is 17.9 Å². The highest BCUT2D eigenvalue weighted by molar-refractivity contribution is 5.69. The molecule has 0 unspecified atom stereocenters. The summed E-state index contributed by atoms with van der Waals surface area (Å²) >= 11 is 0. The average Bonchev–Trinajstić information content (AvgIpc) is 2.75. The number of aryl methyl sites for hydroxylation is 1. The molecule has 1 aliphatic heterocycles. The summed E-state index contributed by atoms with van der Waals surface area (Å²) in [6, 6.07) is 1.97. The molecule has 0 saturated carbocycles. The van der Waals surface area contributed by atoms with Crippen molar-refractivity contribution in [3.8, 4) is 5.75 Å². The first-order valence-corrected chi connectivity index (χ1v) is 5.56. The Kier molecular flexibility index (Phi) is 3.39. The fourth-order valence-electron chi connectivity index (χ4n) is 1.80. The van der Waals surface area contributed by atoms with Crippen molar-refractivity contribution < 1.29 is 14.3 Å². The van der Waals surface area contributed by atoms with Crippen LogP contribution in [0.3, 0.4) is 0 Å². The highest BCUT2D eigenvalue weighted by Gasteiger charge is 2.17. The lowest BCUT2D eigenvalue weighted by molar-refractivity contribution is -0.143. The largest absolute Gasteiger partial charge is 0.491 e. The molecule has 0 atom stereocenters. The van der Waals surface area contributed by atoms with Gasteiger partial charge in [0.1, 0.15) is 5.75 Å². The highest BCUT2D eigenvalue weighted by atomic mass is 16.5. The molecule has 2 heterocycles. The molecule has 0 spiro atoms. The van der Waals surface area contributed by atoms with Gasteiger partial charge in [0.2, 0.25) is 0 Å². The van der Waals surface area contributed by atoms with Crippen LogP contribution in [0.4, 0.5) is 0 Å². The number of carbonyl (C=O) groups excluding carboxylic acids is 1. The maximum Gasteiger partial charge on any atom is 0.306 e. The van der Waals surface area contributed by atoms with Crippen molar-refractivity contribution in [2.45, 2.75) is 26.2 Å². The number of pyridine rings is 1. The van der Waals surface area contributed by atoms with Gasteiger partial charge in [0.15, 0.2) is 0 Å². The first kappa shape index (κ1) is 10.9. The van der Waals surface area contributed by atoms with Crippen molar-refractivity contribution in [3.05, 3.63) is 23.5 Å². The fraction of sp³-hybridized carbons (Fsp3) is 0.500. The van der Waals surface area contributed by atoms with Crippen LogP contribution in [0.1, 0.15) is 24.6 Å². The Labute approximate surface area is 94.6 Å². The maximum atomic E-state index is 11.2. The molecule has 1 aliphatic rings. The molecule has 16 heavy (non-hydrogen) atoms. The standard InChI is InChI=1S/C12H15NO3/c1-2-15-11(14)4-3-10-12-9(5-7-13-10)6-8-16-12/h5,7H,2-4,6,8H2,1H3. The Morgan fingerprint density at radius 3 is 3.31 bits per heavy atom. The van der Waals surface area contributed by atoms with Crippen LogP contribution < -0.4 is 4.74 Å². The van der Waals surface area contributed by atoms with Crippen LogP contribution >= 0.6 is 0 Å². The van der Waals surface area contributed by atoms with E-state index in [1.54, 1.807) is 13.1 Å². The highest BCUT2D eigenvalue weighted by Crippen LogP contribution is 2.28. The van der Waals surface area contributed by atoms with Gasteiger partial charge in [-0.3, -0.25) is 9.78 Å². The van der Waals surface area contributed by atoms with Crippen LogP contribution in [-0.4, -0.2) is 24.2 Å². The van der Waals surface area contributed by atoms with E-state index in [9.17, 15) is 4.79 Å². The Balaban J connectivity index is 2.00. The Morgan fingerprint density at radius 1 is 1.62 bits per heavy atom. The topological polar surface area (TPSA) is 48.4 Å². The van der Waals surface area contributed by atoms with Gasteiger partial charge in [-0.25, -0.2) is 0 Å². The van der Waals surface area contributed by atoms with Gasteiger partial charge in [-0.15, -0.1) is 0 Å². The maximum absolute atomic E-state index is 11.2. The Hall–Kier alpha value is -1.58. The number of hydrogen-bond acceptors (Lipinski definition) is 4. The van der Waals surface area contributed by atoms with Crippen molar-refractivity contribution in [1.82, 2.24) is 4.98 Å². The second-order valence-corrected chi connectivity index (χ2v) is 3.65. The van der Waals surface area contributed by atoms with E-state index in [0.29, 0.717) is 26.1 Å². The van der Waals surface area contributed by atoms with E-state index in [1.165, 1.54) is 5.56 Å². The van der Waals surface area contributed by atoms with Crippen LogP contribution in [0.5, 0.6) is 5.75 Å². The predicted molar refractivity (Wildman–Crippen MR) is 58.4 cm³/mol. The number of rotatable bonds is 4. The van der Waals surface area contributed by atoms with Crippen LogP contribution in [0.25, 0.3) is 0 Å². The molecule has 0 saturated heterocycles. The molecule has 0 radical (unpaired) electrons. The van der Waals surface area contributed by atoms with E-state index in [2.05, 4.69) is 4.98 Å². The molecule has 0 amide bonds. The van der Waals surface area contributed by atoms with Gasteiger partial charge in [0, 0.05) is 24.6 Å². The zero-order valence-corrected chi connectivity index (χ0v) is 9.36. The summed E-state index contributed by atoms with van der Waals surface area (Å²) in [5.41, 5.74) is 2.05. The van der Waals surface area contributed by atoms with E-state index >= 15 is 0 Å². The van der Waals surface area contributed by atoms with Gasteiger partial charge < -0.3 is 9.47 Å². The molecule has 1 aromatic heterocycles. The van der Waals surface area contributed by atoms with Gasteiger partial charge in [-0.1, -0.05) is 0 Å². The lowest BCUT2D eigenvalue weighted by Gasteiger charge is -2.06. The van der Waals surface area contributed by atoms with Crippen molar-refractivity contribution >= 4 is 5.97 Å². The Morgan fingerprint density at radius 2 is 2.50 bits per heavy atom. The van der Waals surface area contributed by atoms with Crippen molar-refractivity contribution in [2.24, 2.45) is 0 Å². The minimum absolute atomic E-state index is 0.181. The number of aromatic nitrogens is 1. The molecular formula is C12H15NO3. The third-order valence-electron chi connectivity index (χ3n) is 2.55. The molecular weight excluding hydrogens is 206 g/mol. The molecule has 0 aliphatic carbocycles. The number of carbonyl (C=O) groups is 1. The average molecular weight is 221 g/mol. The molecule has 0 fully saturated rings. The molecule has 4 nitrogen and oxygen atoms in total. The third-order valence-corrected chi connectivity index (χ3v) is 2.55. The normalized spacial score (nSPS) is 13.1. The summed E-state index contributed by atoms with van der Waals surface area (Å²) in [7, 11) is 0. The van der Waals surface area contributed by atoms with Crippen LogP contribution in [0.15, 0.2) is 12.3 Å². The first-order valence-electron chi connectivity index (χ1n) is 5.56. The van der Waals surface area contributed by atoms with Gasteiger partial charge in [-0.2, -0.15) is 0 Å². The number of nitrogens with zero attached hydrogens (tertiary/aromatic N) is 1. The Bertz CT molecular complexity index is 390. The summed E-state index contributed by atoms with van der Waals surface area (Å²) in [5, 5.41) is 0. The first-order chi connectivity index (χ1) is 7.81. The molecule has 0 aromatic carbocycles. The van der Waals surface area contributed by atoms with E-state index in [1.807, 2.05) is 6.07 Å². The molecule has 4 heteroatoms. The van der Waals surface area contributed by atoms with Crippen LogP contribution in [0, 0.1) is 0 Å². The second kappa shape index (κ2) is 4.96. The van der Waals surface area contributed by atoms with Crippen LogP contribution in [0.2, 0.25) is 0 Å². The monoisotopic (exact) mass is 221 g/mol. The van der Waals surface area contributed by atoms with Crippen LogP contribution in [-0.2, 0) is 22.4 Å². The summed E-state index contributed by atoms with van der Waals surface area (Å²) < 4.78 is 10.4. The lowest BCUT2D eigenvalue weighted by Crippen LogP contribution is -2.06. The van der Waals surface area contributed by atoms with Crippen molar-refractivity contribution in [1.29, 1.82) is 0 Å². The summed E-state index contributed by atoms with van der Waals surface area (Å²) in [6.45, 7) is 2.95. The number of ether oxygens (including phenoxy) is 2. The van der Waals surface area contributed by atoms with Gasteiger partial charge >= 0.3 is 5.97 Å². The zero-order valence-electron chi connectivity index (χ0n) is 9.36. The number of esters is 1. The minimum Gasteiger partial charge on any atom is -0.491 e. The van der Waals surface area contributed by atoms with E-state index in [4.69, 9.17) is 9.47 Å². The van der Waals surface area contributed by atoms with Gasteiger partial charge in [0.05, 0.1) is 25.3 Å². The van der Waals surface area contributed by atoms with Crippen molar-refractivity contribution in [2.75, 3.05) is 13.2 Å². The number of hydrogen-bond donors (Lipinski definition) is 0. The molecule has 86 valence electrons. The predicted octanol–water partition coefficient (Wildman–Crippen LogP) is 1.51.